The van der Waals surface area contributed by atoms with E-state index in [1.807, 2.05) is 18.2 Å². The first-order chi connectivity index (χ1) is 8.78. The molecule has 0 fully saturated rings. The van der Waals surface area contributed by atoms with Crippen molar-refractivity contribution < 1.29 is 9.47 Å². The van der Waals surface area contributed by atoms with Crippen LogP contribution in [0.4, 0.5) is 0 Å². The quantitative estimate of drug-likeness (QED) is 0.424. The van der Waals surface area contributed by atoms with E-state index >= 15 is 0 Å². The highest BCUT2D eigenvalue weighted by Gasteiger charge is 2.17. The minimum atomic E-state index is 0.0987. The molecule has 0 radical (unpaired) electrons. The second kappa shape index (κ2) is 7.95. The Morgan fingerprint density at radius 2 is 2.00 bits per heavy atom. The van der Waals surface area contributed by atoms with Gasteiger partial charge in [-0.25, -0.2) is 0 Å². The minimum absolute atomic E-state index is 0.0987. The normalized spacial score (nSPS) is 12.2. The van der Waals surface area contributed by atoms with E-state index in [-0.39, 0.29) is 6.04 Å². The summed E-state index contributed by atoms with van der Waals surface area (Å²) in [6.07, 6.45) is 4.55. The number of unbranched alkanes of at least 4 members (excludes halogenated alkanes) is 2. The van der Waals surface area contributed by atoms with Crippen LogP contribution in [0.3, 0.4) is 0 Å². The van der Waals surface area contributed by atoms with Crippen molar-refractivity contribution in [2.45, 2.75) is 38.6 Å². The second-order valence-corrected chi connectivity index (χ2v) is 4.30. The number of benzene rings is 1. The van der Waals surface area contributed by atoms with Crippen molar-refractivity contribution in [1.82, 2.24) is 5.43 Å². The topological polar surface area (TPSA) is 56.5 Å². The molecule has 0 saturated carbocycles. The van der Waals surface area contributed by atoms with Crippen LogP contribution in [0, 0.1) is 0 Å². The number of rotatable bonds is 8. The van der Waals surface area contributed by atoms with Crippen LogP contribution < -0.4 is 20.7 Å². The molecule has 4 heteroatoms. The molecule has 3 N–H and O–H groups in total. The first kappa shape index (κ1) is 14.8. The van der Waals surface area contributed by atoms with Gasteiger partial charge in [-0.1, -0.05) is 38.3 Å². The molecule has 102 valence electrons. The standard InChI is InChI=1S/C14H24N2O2/c1-4-5-6-9-12(16-15)11-8-7-10-13(17-2)14(11)18-3/h7-8,10,12,16H,4-6,9,15H2,1-3H3. The number of hydrogen-bond acceptors (Lipinski definition) is 4. The minimum Gasteiger partial charge on any atom is -0.493 e. The molecule has 4 nitrogen and oxygen atoms in total. The van der Waals surface area contributed by atoms with E-state index in [9.17, 15) is 0 Å². The summed E-state index contributed by atoms with van der Waals surface area (Å²) >= 11 is 0. The molecule has 0 aliphatic rings. The van der Waals surface area contributed by atoms with Gasteiger partial charge in [0.2, 0.25) is 0 Å². The molecule has 0 spiro atoms. The third-order valence-electron chi connectivity index (χ3n) is 3.11. The predicted octanol–water partition coefficient (Wildman–Crippen LogP) is 2.79. The molecule has 1 aromatic rings. The zero-order valence-electron chi connectivity index (χ0n) is 11.5. The van der Waals surface area contributed by atoms with Gasteiger partial charge in [-0.2, -0.15) is 0 Å². The number of nitrogens with two attached hydrogens (primary N) is 1. The van der Waals surface area contributed by atoms with Gasteiger partial charge in [0.15, 0.2) is 11.5 Å². The van der Waals surface area contributed by atoms with Crippen molar-refractivity contribution >= 4 is 0 Å². The maximum atomic E-state index is 5.66. The summed E-state index contributed by atoms with van der Waals surface area (Å²) in [5.74, 6) is 7.16. The van der Waals surface area contributed by atoms with Crippen LogP contribution >= 0.6 is 0 Å². The van der Waals surface area contributed by atoms with Gasteiger partial charge in [-0.05, 0) is 12.5 Å². The van der Waals surface area contributed by atoms with Crippen LogP contribution in [0.15, 0.2) is 18.2 Å². The van der Waals surface area contributed by atoms with Gasteiger partial charge in [0, 0.05) is 11.6 Å². The van der Waals surface area contributed by atoms with Gasteiger partial charge in [0.1, 0.15) is 0 Å². The van der Waals surface area contributed by atoms with Crippen LogP contribution in [0.5, 0.6) is 11.5 Å². The lowest BCUT2D eigenvalue weighted by Gasteiger charge is -2.20. The molecule has 0 saturated heterocycles. The molecule has 0 aliphatic heterocycles. The highest BCUT2D eigenvalue weighted by atomic mass is 16.5. The van der Waals surface area contributed by atoms with E-state index in [2.05, 4.69) is 12.3 Å². The largest absolute Gasteiger partial charge is 0.493 e. The molecular weight excluding hydrogens is 228 g/mol. The van der Waals surface area contributed by atoms with Gasteiger partial charge in [-0.3, -0.25) is 11.3 Å². The summed E-state index contributed by atoms with van der Waals surface area (Å²) in [5.41, 5.74) is 3.92. The summed E-state index contributed by atoms with van der Waals surface area (Å²) in [5, 5.41) is 0. The zero-order chi connectivity index (χ0) is 13.4. The van der Waals surface area contributed by atoms with Crippen molar-refractivity contribution in [1.29, 1.82) is 0 Å². The van der Waals surface area contributed by atoms with Crippen molar-refractivity contribution in [2.75, 3.05) is 14.2 Å². The average molecular weight is 252 g/mol. The monoisotopic (exact) mass is 252 g/mol. The number of nitrogens with one attached hydrogen (secondary N) is 1. The van der Waals surface area contributed by atoms with E-state index < -0.39 is 0 Å². The average Bonchev–Trinajstić information content (AvgIpc) is 2.42. The predicted molar refractivity (Wildman–Crippen MR) is 73.8 cm³/mol. The Bertz CT molecular complexity index is 356. The molecule has 0 heterocycles. The summed E-state index contributed by atoms with van der Waals surface area (Å²) in [7, 11) is 3.30. The van der Waals surface area contributed by atoms with E-state index in [4.69, 9.17) is 15.3 Å². The van der Waals surface area contributed by atoms with E-state index in [1.165, 1.54) is 12.8 Å². The van der Waals surface area contributed by atoms with Gasteiger partial charge < -0.3 is 9.47 Å². The second-order valence-electron chi connectivity index (χ2n) is 4.30. The van der Waals surface area contributed by atoms with Crippen molar-refractivity contribution in [2.24, 2.45) is 5.84 Å². The highest BCUT2D eigenvalue weighted by Crippen LogP contribution is 2.35. The number of para-hydroxylation sites is 1. The lowest BCUT2D eigenvalue weighted by atomic mass is 9.99. The van der Waals surface area contributed by atoms with Crippen LogP contribution in [0.25, 0.3) is 0 Å². The Morgan fingerprint density at radius 3 is 2.56 bits per heavy atom. The molecule has 0 bridgehead atoms. The lowest BCUT2D eigenvalue weighted by molar-refractivity contribution is 0.344. The number of ether oxygens (including phenoxy) is 2. The fourth-order valence-corrected chi connectivity index (χ4v) is 2.11. The molecule has 1 atom stereocenters. The Labute approximate surface area is 109 Å². The van der Waals surface area contributed by atoms with Gasteiger partial charge in [0.25, 0.3) is 0 Å². The molecule has 1 aromatic carbocycles. The maximum absolute atomic E-state index is 5.66. The molecule has 1 rings (SSSR count). The SMILES string of the molecule is CCCCCC(NN)c1cccc(OC)c1OC. The molecule has 18 heavy (non-hydrogen) atoms. The molecule has 0 aromatic heterocycles. The van der Waals surface area contributed by atoms with Crippen LogP contribution in [0.2, 0.25) is 0 Å². The fraction of sp³-hybridized carbons (Fsp3) is 0.571. The van der Waals surface area contributed by atoms with Crippen molar-refractivity contribution in [3.8, 4) is 11.5 Å². The van der Waals surface area contributed by atoms with E-state index in [0.29, 0.717) is 0 Å². The number of methoxy groups -OCH3 is 2. The van der Waals surface area contributed by atoms with Crippen LogP contribution in [-0.2, 0) is 0 Å². The molecule has 1 unspecified atom stereocenters. The van der Waals surface area contributed by atoms with Gasteiger partial charge in [-0.15, -0.1) is 0 Å². The van der Waals surface area contributed by atoms with Crippen molar-refractivity contribution in [3.63, 3.8) is 0 Å². The Morgan fingerprint density at radius 1 is 1.22 bits per heavy atom. The van der Waals surface area contributed by atoms with E-state index in [1.54, 1.807) is 14.2 Å². The number of hydrazine groups is 1. The Balaban J connectivity index is 2.90. The summed E-state index contributed by atoms with van der Waals surface area (Å²) < 4.78 is 10.7. The van der Waals surface area contributed by atoms with E-state index in [0.717, 1.165) is 29.9 Å². The lowest BCUT2D eigenvalue weighted by Crippen LogP contribution is -2.28. The third-order valence-corrected chi connectivity index (χ3v) is 3.11. The third kappa shape index (κ3) is 3.62. The van der Waals surface area contributed by atoms with Gasteiger partial charge >= 0.3 is 0 Å². The summed E-state index contributed by atoms with van der Waals surface area (Å²) in [6.45, 7) is 2.19. The highest BCUT2D eigenvalue weighted by molar-refractivity contribution is 5.48. The number of hydrogen-bond donors (Lipinski definition) is 2. The summed E-state index contributed by atoms with van der Waals surface area (Å²) in [6, 6.07) is 5.97. The zero-order valence-corrected chi connectivity index (χ0v) is 11.5. The Kier molecular flexibility index (Phi) is 6.54. The van der Waals surface area contributed by atoms with Crippen molar-refractivity contribution in [3.05, 3.63) is 23.8 Å². The molecule has 0 aliphatic carbocycles. The first-order valence-electron chi connectivity index (χ1n) is 6.45. The fourth-order valence-electron chi connectivity index (χ4n) is 2.11. The first-order valence-corrected chi connectivity index (χ1v) is 6.45. The molecular formula is C14H24N2O2. The maximum Gasteiger partial charge on any atom is 0.165 e. The smallest absolute Gasteiger partial charge is 0.165 e. The summed E-state index contributed by atoms with van der Waals surface area (Å²) in [4.78, 5) is 0. The van der Waals surface area contributed by atoms with Crippen LogP contribution in [-0.4, -0.2) is 14.2 Å². The molecule has 0 amide bonds. The van der Waals surface area contributed by atoms with Crippen LogP contribution in [0.1, 0.15) is 44.2 Å². The Hall–Kier alpha value is -1.26. The van der Waals surface area contributed by atoms with Gasteiger partial charge in [0.05, 0.1) is 14.2 Å².